The molecule has 4 aromatic rings. The fourth-order valence-corrected chi connectivity index (χ4v) is 3.43. The van der Waals surface area contributed by atoms with Gasteiger partial charge in [0.1, 0.15) is 17.7 Å². The molecule has 1 unspecified atom stereocenters. The minimum atomic E-state index is -3.29. The summed E-state index contributed by atoms with van der Waals surface area (Å²) in [6.07, 6.45) is 5.93. The molecule has 27 heavy (non-hydrogen) atoms. The van der Waals surface area contributed by atoms with E-state index < -0.39 is 10.2 Å². The van der Waals surface area contributed by atoms with Crippen molar-refractivity contribution in [2.45, 2.75) is 4.90 Å². The van der Waals surface area contributed by atoms with Crippen LogP contribution in [0, 0.1) is 0 Å². The highest BCUT2D eigenvalue weighted by Crippen LogP contribution is 2.29. The van der Waals surface area contributed by atoms with E-state index in [1.807, 2.05) is 0 Å². The van der Waals surface area contributed by atoms with Crippen molar-refractivity contribution in [3.8, 4) is 22.6 Å². The van der Waals surface area contributed by atoms with Crippen LogP contribution in [0.25, 0.3) is 33.6 Å². The second-order valence-electron chi connectivity index (χ2n) is 6.05. The first-order valence-corrected chi connectivity index (χ1v) is 9.96. The van der Waals surface area contributed by atoms with E-state index in [1.165, 1.54) is 24.4 Å². The molecule has 1 aromatic carbocycles. The molecule has 0 saturated heterocycles. The van der Waals surface area contributed by atoms with Gasteiger partial charge in [-0.1, -0.05) is 0 Å². The number of aromatic nitrogens is 2. The first-order valence-electron chi connectivity index (χ1n) is 8.07. The molecule has 0 saturated carbocycles. The monoisotopic (exact) mass is 378 g/mol. The first kappa shape index (κ1) is 17.3. The molecule has 0 aliphatic heterocycles. The zero-order valence-electron chi connectivity index (χ0n) is 14.3. The van der Waals surface area contributed by atoms with Gasteiger partial charge in [0.25, 0.3) is 0 Å². The normalized spacial score (nSPS) is 13.4. The van der Waals surface area contributed by atoms with Gasteiger partial charge < -0.3 is 8.97 Å². The molecule has 0 spiro atoms. The van der Waals surface area contributed by atoms with E-state index in [4.69, 9.17) is 4.42 Å². The highest BCUT2D eigenvalue weighted by molar-refractivity contribution is 7.97. The Balaban J connectivity index is 1.92. The van der Waals surface area contributed by atoms with Gasteiger partial charge in [0.05, 0.1) is 15.6 Å². The van der Waals surface area contributed by atoms with Gasteiger partial charge >= 0.3 is 0 Å². The van der Waals surface area contributed by atoms with Crippen LogP contribution in [0.3, 0.4) is 0 Å². The van der Waals surface area contributed by atoms with Crippen molar-refractivity contribution >= 4 is 21.2 Å². The number of nitrogens with zero attached hydrogens (tertiary/aromatic N) is 2. The number of pyridine rings is 2. The van der Waals surface area contributed by atoms with Crippen molar-refractivity contribution in [1.82, 2.24) is 9.97 Å². The molecule has 4 rings (SSSR count). The van der Waals surface area contributed by atoms with Crippen LogP contribution < -0.4 is 5.43 Å². The van der Waals surface area contributed by atoms with Crippen molar-refractivity contribution in [3.63, 3.8) is 0 Å². The van der Waals surface area contributed by atoms with Gasteiger partial charge in [-0.2, -0.15) is 0 Å². The van der Waals surface area contributed by atoms with Gasteiger partial charge in [-0.15, -0.1) is 4.21 Å². The SMILES string of the molecule is C[S+](=O)([O-])c1ccc(-c2nccc3c(=O)cc(-c4cccnc4)oc23)cc1. The van der Waals surface area contributed by atoms with Crippen molar-refractivity contribution in [2.75, 3.05) is 6.26 Å². The Bertz CT molecular complexity index is 1230. The van der Waals surface area contributed by atoms with E-state index in [0.717, 1.165) is 6.26 Å². The summed E-state index contributed by atoms with van der Waals surface area (Å²) in [5.41, 5.74) is 1.95. The van der Waals surface area contributed by atoms with E-state index in [2.05, 4.69) is 9.97 Å². The van der Waals surface area contributed by atoms with Crippen LogP contribution >= 0.6 is 0 Å². The lowest BCUT2D eigenvalue weighted by molar-refractivity contribution is 0.484. The highest BCUT2D eigenvalue weighted by Gasteiger charge is 2.16. The molecule has 0 N–H and O–H groups in total. The molecule has 0 aliphatic carbocycles. The first-order chi connectivity index (χ1) is 12.9. The molecule has 0 fully saturated rings. The minimum Gasteiger partial charge on any atom is -0.610 e. The Morgan fingerprint density at radius 3 is 2.48 bits per heavy atom. The van der Waals surface area contributed by atoms with Crippen LogP contribution in [0.15, 0.2) is 81.2 Å². The fraction of sp³-hybridized carbons (Fsp3) is 0.0500. The van der Waals surface area contributed by atoms with Gasteiger partial charge in [-0.05, 0) is 42.5 Å². The average molecular weight is 378 g/mol. The van der Waals surface area contributed by atoms with Gasteiger partial charge in [-0.25, -0.2) is 0 Å². The molecular formula is C20H14N2O4S. The van der Waals surface area contributed by atoms with Crippen LogP contribution in [-0.4, -0.2) is 20.8 Å². The number of rotatable bonds is 3. The lowest BCUT2D eigenvalue weighted by Gasteiger charge is -2.10. The molecule has 0 amide bonds. The second kappa shape index (κ2) is 6.53. The highest BCUT2D eigenvalue weighted by atomic mass is 32.3. The largest absolute Gasteiger partial charge is 0.610 e. The van der Waals surface area contributed by atoms with Crippen LogP contribution in [0.5, 0.6) is 0 Å². The maximum Gasteiger partial charge on any atom is 0.193 e. The third-order valence-electron chi connectivity index (χ3n) is 4.15. The maximum absolute atomic E-state index is 12.6. The summed E-state index contributed by atoms with van der Waals surface area (Å²) in [6.45, 7) is 0. The molecule has 3 aromatic heterocycles. The predicted octanol–water partition coefficient (Wildman–Crippen LogP) is 3.54. The Labute approximate surface area is 155 Å². The number of hydrogen-bond donors (Lipinski definition) is 0. The molecule has 0 radical (unpaired) electrons. The number of sulfone groups is 1. The van der Waals surface area contributed by atoms with Gasteiger partial charge in [0.2, 0.25) is 0 Å². The lowest BCUT2D eigenvalue weighted by atomic mass is 10.1. The molecular weight excluding hydrogens is 364 g/mol. The third kappa shape index (κ3) is 3.30. The van der Waals surface area contributed by atoms with E-state index >= 15 is 0 Å². The Kier molecular flexibility index (Phi) is 4.18. The topological polar surface area (TPSA) is 96.1 Å². The van der Waals surface area contributed by atoms with E-state index in [0.29, 0.717) is 33.6 Å². The standard InChI is InChI=1S/C20H14N2O4S/c1-27(24,25)15-6-4-13(5-7-15)19-20-16(8-10-22-19)17(23)11-18(26-20)14-3-2-9-21-12-14/h2-12H,1H3. The molecule has 134 valence electrons. The van der Waals surface area contributed by atoms with Crippen molar-refractivity contribution in [2.24, 2.45) is 0 Å². The zero-order valence-corrected chi connectivity index (χ0v) is 15.1. The van der Waals surface area contributed by atoms with Crippen LogP contribution in [0.4, 0.5) is 0 Å². The summed E-state index contributed by atoms with van der Waals surface area (Å²) in [6, 6.07) is 12.9. The summed E-state index contributed by atoms with van der Waals surface area (Å²) < 4.78 is 29.3. The van der Waals surface area contributed by atoms with Crippen LogP contribution in [0.1, 0.15) is 0 Å². The molecule has 7 heteroatoms. The summed E-state index contributed by atoms with van der Waals surface area (Å²) >= 11 is 0. The minimum absolute atomic E-state index is 0.188. The maximum atomic E-state index is 12.6. The predicted molar refractivity (Wildman–Crippen MR) is 102 cm³/mol. The number of hydrogen-bond acceptors (Lipinski definition) is 6. The Morgan fingerprint density at radius 2 is 1.81 bits per heavy atom. The molecule has 6 nitrogen and oxygen atoms in total. The molecule has 1 atom stereocenters. The van der Waals surface area contributed by atoms with Crippen LogP contribution in [0.2, 0.25) is 0 Å². The van der Waals surface area contributed by atoms with E-state index in [9.17, 15) is 13.6 Å². The average Bonchev–Trinajstić information content (AvgIpc) is 2.68. The number of fused-ring (bicyclic) bond motifs is 1. The molecule has 3 heterocycles. The van der Waals surface area contributed by atoms with Crippen molar-refractivity contribution in [1.29, 1.82) is 0 Å². The van der Waals surface area contributed by atoms with E-state index in [-0.39, 0.29) is 10.3 Å². The lowest BCUT2D eigenvalue weighted by Crippen LogP contribution is -2.06. The summed E-state index contributed by atoms with van der Waals surface area (Å²) in [5.74, 6) is 0.391. The second-order valence-corrected chi connectivity index (χ2v) is 8.07. The Hall–Kier alpha value is -3.16. The zero-order chi connectivity index (χ0) is 19.0. The summed E-state index contributed by atoms with van der Waals surface area (Å²) in [5, 5.41) is 0.403. The summed E-state index contributed by atoms with van der Waals surface area (Å²) in [7, 11) is -3.29. The molecule has 0 bridgehead atoms. The quantitative estimate of drug-likeness (QED) is 0.506. The van der Waals surface area contributed by atoms with Gasteiger partial charge in [0.15, 0.2) is 15.9 Å². The van der Waals surface area contributed by atoms with E-state index in [1.54, 1.807) is 42.7 Å². The Morgan fingerprint density at radius 1 is 1.04 bits per heavy atom. The smallest absolute Gasteiger partial charge is 0.193 e. The van der Waals surface area contributed by atoms with Crippen LogP contribution in [-0.2, 0) is 14.4 Å². The van der Waals surface area contributed by atoms with Gasteiger partial charge in [-0.3, -0.25) is 14.8 Å². The number of benzene rings is 1. The summed E-state index contributed by atoms with van der Waals surface area (Å²) in [4.78, 5) is 21.2. The fourth-order valence-electron chi connectivity index (χ4n) is 2.80. The van der Waals surface area contributed by atoms with Crippen molar-refractivity contribution < 1.29 is 13.2 Å². The molecule has 0 aliphatic rings. The third-order valence-corrected chi connectivity index (χ3v) is 5.27. The van der Waals surface area contributed by atoms with Crippen molar-refractivity contribution in [3.05, 3.63) is 77.3 Å². The van der Waals surface area contributed by atoms with Gasteiger partial charge in [0, 0.05) is 35.8 Å².